The second kappa shape index (κ2) is 8.34. The fraction of sp³-hybridized carbons (Fsp3) is 0.455. The van der Waals surface area contributed by atoms with Crippen LogP contribution < -0.4 is 9.47 Å². The number of methoxy groups -OCH3 is 1. The second-order valence-electron chi connectivity index (χ2n) is 7.78. The van der Waals surface area contributed by atoms with Gasteiger partial charge in [0.15, 0.2) is 17.6 Å². The smallest absolute Gasteiger partial charge is 0.347 e. The van der Waals surface area contributed by atoms with Crippen molar-refractivity contribution in [2.75, 3.05) is 13.7 Å². The number of hydrogen-bond donors (Lipinski definition) is 0. The Bertz CT molecular complexity index is 960. The molecule has 1 aromatic rings. The van der Waals surface area contributed by atoms with Crippen LogP contribution in [-0.2, 0) is 19.1 Å². The standard InChI is InChI=1S/C22H23ClN2O6/c1-4-30-22(28)11(2)31-19-15(23)7-12(8-16(19)29-3)10-24-25-20(26)17-13-5-6-14(9-13)18(17)21(25)27/h5-8,10-11,13-14,17-18H,4,9H2,1-3H3/t11-,13+,14+,17-,18+/m1/s1. The van der Waals surface area contributed by atoms with Gasteiger partial charge in [0.2, 0.25) is 0 Å². The summed E-state index contributed by atoms with van der Waals surface area (Å²) in [6.07, 6.45) is 5.44. The lowest BCUT2D eigenvalue weighted by Gasteiger charge is -2.17. The summed E-state index contributed by atoms with van der Waals surface area (Å²) in [5, 5.41) is 5.30. The molecule has 0 unspecified atom stereocenters. The van der Waals surface area contributed by atoms with E-state index in [0.717, 1.165) is 11.4 Å². The summed E-state index contributed by atoms with van der Waals surface area (Å²) in [6, 6.07) is 3.15. The van der Waals surface area contributed by atoms with E-state index in [9.17, 15) is 14.4 Å². The molecule has 4 rings (SSSR count). The average Bonchev–Trinajstić information content (AvgIpc) is 3.42. The monoisotopic (exact) mass is 446 g/mol. The van der Waals surface area contributed by atoms with Gasteiger partial charge >= 0.3 is 5.97 Å². The van der Waals surface area contributed by atoms with Crippen LogP contribution in [-0.4, -0.2) is 48.8 Å². The number of hydrogen-bond acceptors (Lipinski definition) is 7. The lowest BCUT2D eigenvalue weighted by Crippen LogP contribution is -2.28. The predicted octanol–water partition coefficient (Wildman–Crippen LogP) is 2.82. The largest absolute Gasteiger partial charge is 0.493 e. The minimum absolute atomic E-state index is 0.124. The normalized spacial score (nSPS) is 27.2. The number of imide groups is 1. The van der Waals surface area contributed by atoms with Gasteiger partial charge in [0.1, 0.15) is 0 Å². The molecular formula is C22H23ClN2O6. The zero-order valence-electron chi connectivity index (χ0n) is 17.4. The number of benzene rings is 1. The topological polar surface area (TPSA) is 94.5 Å². The van der Waals surface area contributed by atoms with Crippen LogP contribution in [0.2, 0.25) is 5.02 Å². The van der Waals surface area contributed by atoms with Crippen LogP contribution in [0.3, 0.4) is 0 Å². The van der Waals surface area contributed by atoms with E-state index in [1.807, 2.05) is 12.2 Å². The molecule has 2 fully saturated rings. The number of halogens is 1. The van der Waals surface area contributed by atoms with Crippen LogP contribution in [0.5, 0.6) is 11.5 Å². The molecule has 164 valence electrons. The Morgan fingerprint density at radius 1 is 1.26 bits per heavy atom. The number of nitrogens with zero attached hydrogens (tertiary/aromatic N) is 2. The molecule has 0 aromatic heterocycles. The summed E-state index contributed by atoms with van der Waals surface area (Å²) < 4.78 is 15.9. The third-order valence-electron chi connectivity index (χ3n) is 5.93. The van der Waals surface area contributed by atoms with Gasteiger partial charge in [-0.1, -0.05) is 23.8 Å². The lowest BCUT2D eigenvalue weighted by molar-refractivity contribution is -0.150. The minimum atomic E-state index is -0.880. The van der Waals surface area contributed by atoms with E-state index in [1.54, 1.807) is 26.0 Å². The van der Waals surface area contributed by atoms with E-state index < -0.39 is 12.1 Å². The third kappa shape index (κ3) is 3.69. The number of hydrazone groups is 1. The molecule has 1 aromatic carbocycles. The van der Waals surface area contributed by atoms with Gasteiger partial charge in [-0.25, -0.2) is 4.79 Å². The van der Waals surface area contributed by atoms with Crippen LogP contribution in [0.25, 0.3) is 0 Å². The van der Waals surface area contributed by atoms with E-state index in [0.29, 0.717) is 5.56 Å². The van der Waals surface area contributed by atoms with Crippen molar-refractivity contribution in [3.8, 4) is 11.5 Å². The zero-order valence-corrected chi connectivity index (χ0v) is 18.2. The summed E-state index contributed by atoms with van der Waals surface area (Å²) in [5.74, 6) is -0.940. The van der Waals surface area contributed by atoms with Gasteiger partial charge in [0.05, 0.1) is 36.8 Å². The lowest BCUT2D eigenvalue weighted by atomic mass is 9.85. The molecule has 0 spiro atoms. The fourth-order valence-electron chi connectivity index (χ4n) is 4.54. The van der Waals surface area contributed by atoms with Crippen LogP contribution in [0.4, 0.5) is 0 Å². The Morgan fingerprint density at radius 3 is 2.48 bits per heavy atom. The number of amides is 2. The number of allylic oxidation sites excluding steroid dienone is 2. The molecule has 31 heavy (non-hydrogen) atoms. The fourth-order valence-corrected chi connectivity index (χ4v) is 4.80. The van der Waals surface area contributed by atoms with Gasteiger partial charge in [-0.15, -0.1) is 0 Å². The molecule has 0 N–H and O–H groups in total. The number of carbonyl (C=O) groups is 3. The molecule has 5 atom stereocenters. The highest BCUT2D eigenvalue weighted by atomic mass is 35.5. The molecule has 1 saturated carbocycles. The quantitative estimate of drug-likeness (QED) is 0.276. The predicted molar refractivity (Wildman–Crippen MR) is 112 cm³/mol. The third-order valence-corrected chi connectivity index (χ3v) is 6.22. The van der Waals surface area contributed by atoms with Crippen molar-refractivity contribution in [1.29, 1.82) is 0 Å². The van der Waals surface area contributed by atoms with Crippen molar-refractivity contribution in [3.05, 3.63) is 34.9 Å². The summed E-state index contributed by atoms with van der Waals surface area (Å²) >= 11 is 6.34. The van der Waals surface area contributed by atoms with E-state index in [-0.39, 0.29) is 58.6 Å². The number of esters is 1. The zero-order chi connectivity index (χ0) is 22.3. The molecule has 1 heterocycles. The van der Waals surface area contributed by atoms with Crippen molar-refractivity contribution >= 4 is 35.6 Å². The summed E-state index contributed by atoms with van der Waals surface area (Å²) in [7, 11) is 1.44. The van der Waals surface area contributed by atoms with E-state index in [2.05, 4.69) is 5.10 Å². The van der Waals surface area contributed by atoms with Crippen molar-refractivity contribution < 1.29 is 28.6 Å². The highest BCUT2D eigenvalue weighted by Gasteiger charge is 2.59. The summed E-state index contributed by atoms with van der Waals surface area (Å²) in [4.78, 5) is 37.3. The van der Waals surface area contributed by atoms with Crippen molar-refractivity contribution in [3.63, 3.8) is 0 Å². The second-order valence-corrected chi connectivity index (χ2v) is 8.19. The van der Waals surface area contributed by atoms with Crippen LogP contribution >= 0.6 is 11.6 Å². The minimum Gasteiger partial charge on any atom is -0.493 e. The Labute approximate surface area is 184 Å². The molecule has 0 radical (unpaired) electrons. The van der Waals surface area contributed by atoms with Gasteiger partial charge in [0, 0.05) is 0 Å². The first-order valence-corrected chi connectivity index (χ1v) is 10.5. The van der Waals surface area contributed by atoms with E-state index in [1.165, 1.54) is 13.3 Å². The Hall–Kier alpha value is -2.87. The Balaban J connectivity index is 1.52. The van der Waals surface area contributed by atoms with Gasteiger partial charge in [-0.05, 0) is 49.8 Å². The molecule has 8 nitrogen and oxygen atoms in total. The van der Waals surface area contributed by atoms with Crippen LogP contribution in [0.1, 0.15) is 25.8 Å². The Morgan fingerprint density at radius 2 is 1.90 bits per heavy atom. The number of rotatable bonds is 7. The van der Waals surface area contributed by atoms with Crippen LogP contribution in [0.15, 0.2) is 29.4 Å². The molecule has 1 saturated heterocycles. The summed E-state index contributed by atoms with van der Waals surface area (Å²) in [5.41, 5.74) is 0.511. The molecule has 2 bridgehead atoms. The van der Waals surface area contributed by atoms with Gasteiger partial charge < -0.3 is 14.2 Å². The molecular weight excluding hydrogens is 424 g/mol. The first kappa shape index (κ1) is 21.4. The highest BCUT2D eigenvalue weighted by molar-refractivity contribution is 6.32. The molecule has 9 heteroatoms. The van der Waals surface area contributed by atoms with Crippen LogP contribution in [0, 0.1) is 23.7 Å². The highest BCUT2D eigenvalue weighted by Crippen LogP contribution is 2.52. The van der Waals surface area contributed by atoms with Gasteiger partial charge in [0.25, 0.3) is 11.8 Å². The summed E-state index contributed by atoms with van der Waals surface area (Å²) in [6.45, 7) is 3.49. The molecule has 2 amide bonds. The van der Waals surface area contributed by atoms with Crippen molar-refractivity contribution in [1.82, 2.24) is 5.01 Å². The maximum Gasteiger partial charge on any atom is 0.347 e. The molecule has 3 aliphatic rings. The average molecular weight is 447 g/mol. The van der Waals surface area contributed by atoms with Crippen molar-refractivity contribution in [2.45, 2.75) is 26.4 Å². The number of fused-ring (bicyclic) bond motifs is 5. The van der Waals surface area contributed by atoms with Gasteiger partial charge in [-0.3, -0.25) is 9.59 Å². The molecule has 1 aliphatic heterocycles. The number of ether oxygens (including phenoxy) is 3. The Kier molecular flexibility index (Phi) is 5.75. The maximum absolute atomic E-state index is 12.7. The maximum atomic E-state index is 12.7. The number of carbonyl (C=O) groups excluding carboxylic acids is 3. The SMILES string of the molecule is CCOC(=O)[C@@H](C)Oc1c(Cl)cc(C=NN2C(=O)[C@@H]3[C@H](C2=O)[C@H]2C=C[C@H]3C2)cc1OC. The first-order valence-electron chi connectivity index (χ1n) is 10.2. The van der Waals surface area contributed by atoms with Gasteiger partial charge in [-0.2, -0.15) is 10.1 Å². The first-order chi connectivity index (χ1) is 14.8. The van der Waals surface area contributed by atoms with E-state index in [4.69, 9.17) is 25.8 Å². The molecule has 2 aliphatic carbocycles. The van der Waals surface area contributed by atoms with E-state index >= 15 is 0 Å². The van der Waals surface area contributed by atoms with Crippen molar-refractivity contribution in [2.24, 2.45) is 28.8 Å².